The number of aryl methyl sites for hydroxylation is 3. The fourth-order valence-corrected chi connectivity index (χ4v) is 2.78. The van der Waals surface area contributed by atoms with Gasteiger partial charge in [-0.3, -0.25) is 0 Å². The van der Waals surface area contributed by atoms with Crippen molar-refractivity contribution in [2.75, 3.05) is 0 Å². The molecule has 0 bridgehead atoms. The van der Waals surface area contributed by atoms with Gasteiger partial charge in [-0.05, 0) is 38.3 Å². The van der Waals surface area contributed by atoms with Gasteiger partial charge in [-0.25, -0.2) is 4.98 Å². The van der Waals surface area contributed by atoms with E-state index in [1.165, 1.54) is 17.5 Å². The van der Waals surface area contributed by atoms with Gasteiger partial charge in [0.2, 0.25) is 0 Å². The van der Waals surface area contributed by atoms with Crippen molar-refractivity contribution in [3.63, 3.8) is 0 Å². The highest BCUT2D eigenvalue weighted by Crippen LogP contribution is 2.29. The Morgan fingerprint density at radius 3 is 2.89 bits per heavy atom. The first-order valence-corrected chi connectivity index (χ1v) is 6.78. The molecule has 1 aromatic heterocycles. The predicted octanol–water partition coefficient (Wildman–Crippen LogP) is 3.37. The largest absolute Gasteiger partial charge is 0.319 e. The van der Waals surface area contributed by atoms with Gasteiger partial charge >= 0.3 is 0 Å². The Hall–Kier alpha value is -2.08. The Balaban J connectivity index is 2.23. The maximum atomic E-state index is 9.47. The van der Waals surface area contributed by atoms with Crippen LogP contribution in [0, 0.1) is 25.2 Å². The summed E-state index contributed by atoms with van der Waals surface area (Å²) in [6.45, 7) is 5.08. The summed E-state index contributed by atoms with van der Waals surface area (Å²) in [4.78, 5) is 4.73. The zero-order valence-electron chi connectivity index (χ0n) is 11.4. The second kappa shape index (κ2) is 4.55. The molecule has 19 heavy (non-hydrogen) atoms. The Morgan fingerprint density at radius 1 is 1.26 bits per heavy atom. The van der Waals surface area contributed by atoms with Crippen LogP contribution in [0.5, 0.6) is 0 Å². The van der Waals surface area contributed by atoms with Gasteiger partial charge in [-0.2, -0.15) is 5.26 Å². The fraction of sp³-hybridized carbons (Fsp3) is 0.375. The van der Waals surface area contributed by atoms with Crippen molar-refractivity contribution < 1.29 is 0 Å². The minimum absolute atomic E-state index is 0.725. The lowest BCUT2D eigenvalue weighted by molar-refractivity contribution is 0.519. The predicted molar refractivity (Wildman–Crippen MR) is 74.8 cm³/mol. The van der Waals surface area contributed by atoms with Crippen LogP contribution in [0.1, 0.15) is 35.5 Å². The lowest BCUT2D eigenvalue weighted by Crippen LogP contribution is -2.11. The van der Waals surface area contributed by atoms with E-state index in [-0.39, 0.29) is 0 Å². The SMILES string of the molecule is Cc1ccc(C)c(-c2nc3n(c2C#N)CCCC3)c1. The lowest BCUT2D eigenvalue weighted by Gasteiger charge is -2.13. The second-order valence-corrected chi connectivity index (χ2v) is 5.26. The van der Waals surface area contributed by atoms with Gasteiger partial charge < -0.3 is 4.57 Å². The van der Waals surface area contributed by atoms with Gasteiger partial charge in [0, 0.05) is 18.5 Å². The average molecular weight is 251 g/mol. The molecule has 0 N–H and O–H groups in total. The molecule has 3 rings (SSSR count). The molecule has 0 fully saturated rings. The van der Waals surface area contributed by atoms with Crippen molar-refractivity contribution in [3.8, 4) is 17.3 Å². The summed E-state index contributed by atoms with van der Waals surface area (Å²) in [5, 5.41) is 9.47. The summed E-state index contributed by atoms with van der Waals surface area (Å²) >= 11 is 0. The number of hydrogen-bond donors (Lipinski definition) is 0. The monoisotopic (exact) mass is 251 g/mol. The third kappa shape index (κ3) is 1.94. The molecule has 0 radical (unpaired) electrons. The van der Waals surface area contributed by atoms with Gasteiger partial charge in [0.1, 0.15) is 23.3 Å². The molecule has 0 saturated heterocycles. The molecule has 0 spiro atoms. The summed E-state index contributed by atoms with van der Waals surface area (Å²) in [5.41, 5.74) is 5.07. The van der Waals surface area contributed by atoms with Crippen LogP contribution in [0.25, 0.3) is 11.3 Å². The molecule has 96 valence electrons. The number of benzene rings is 1. The molecular formula is C16H17N3. The minimum atomic E-state index is 0.725. The van der Waals surface area contributed by atoms with E-state index >= 15 is 0 Å². The number of fused-ring (bicyclic) bond motifs is 1. The van der Waals surface area contributed by atoms with Crippen molar-refractivity contribution in [1.82, 2.24) is 9.55 Å². The third-order valence-corrected chi connectivity index (χ3v) is 3.83. The molecule has 0 unspecified atom stereocenters. The summed E-state index contributed by atoms with van der Waals surface area (Å²) in [6, 6.07) is 8.68. The molecule has 0 amide bonds. The summed E-state index contributed by atoms with van der Waals surface area (Å²) < 4.78 is 2.10. The maximum Gasteiger partial charge on any atom is 0.148 e. The molecule has 2 heterocycles. The Labute approximate surface area is 113 Å². The number of imidazole rings is 1. The molecule has 3 heteroatoms. The van der Waals surface area contributed by atoms with E-state index in [1.807, 2.05) is 0 Å². The van der Waals surface area contributed by atoms with Crippen LogP contribution in [0.2, 0.25) is 0 Å². The van der Waals surface area contributed by atoms with Gasteiger partial charge in [-0.15, -0.1) is 0 Å². The van der Waals surface area contributed by atoms with Crippen molar-refractivity contribution >= 4 is 0 Å². The molecule has 1 aliphatic heterocycles. The van der Waals surface area contributed by atoms with Crippen LogP contribution >= 0.6 is 0 Å². The van der Waals surface area contributed by atoms with Crippen molar-refractivity contribution in [3.05, 3.63) is 40.8 Å². The topological polar surface area (TPSA) is 41.6 Å². The molecule has 3 nitrogen and oxygen atoms in total. The van der Waals surface area contributed by atoms with E-state index < -0.39 is 0 Å². The maximum absolute atomic E-state index is 9.47. The second-order valence-electron chi connectivity index (χ2n) is 5.26. The molecule has 0 aliphatic carbocycles. The number of nitriles is 1. The normalized spacial score (nSPS) is 13.9. The van der Waals surface area contributed by atoms with Crippen molar-refractivity contribution in [2.24, 2.45) is 0 Å². The Kier molecular flexibility index (Phi) is 2.87. The lowest BCUT2D eigenvalue weighted by atomic mass is 10.0. The van der Waals surface area contributed by atoms with E-state index in [2.05, 4.69) is 42.7 Å². The Bertz CT molecular complexity index is 674. The van der Waals surface area contributed by atoms with Gasteiger partial charge in [-0.1, -0.05) is 17.7 Å². The zero-order chi connectivity index (χ0) is 13.4. The first kappa shape index (κ1) is 12.0. The van der Waals surface area contributed by atoms with Crippen molar-refractivity contribution in [2.45, 2.75) is 39.7 Å². The number of rotatable bonds is 1. The summed E-state index contributed by atoms with van der Waals surface area (Å²) in [5.74, 6) is 1.07. The summed E-state index contributed by atoms with van der Waals surface area (Å²) in [7, 11) is 0. The van der Waals surface area contributed by atoms with Crippen LogP contribution in [0.3, 0.4) is 0 Å². The molecule has 0 atom stereocenters. The third-order valence-electron chi connectivity index (χ3n) is 3.83. The first-order valence-electron chi connectivity index (χ1n) is 6.78. The van der Waals surface area contributed by atoms with Crippen molar-refractivity contribution in [1.29, 1.82) is 5.26 Å². The first-order chi connectivity index (χ1) is 9.20. The molecule has 1 aliphatic rings. The van der Waals surface area contributed by atoms with Crippen LogP contribution in [0.15, 0.2) is 18.2 Å². The van der Waals surface area contributed by atoms with E-state index in [0.717, 1.165) is 42.2 Å². The molecule has 1 aromatic carbocycles. The number of nitrogens with zero attached hydrogens (tertiary/aromatic N) is 3. The quantitative estimate of drug-likeness (QED) is 0.779. The molecular weight excluding hydrogens is 234 g/mol. The van der Waals surface area contributed by atoms with E-state index in [4.69, 9.17) is 4.98 Å². The number of aromatic nitrogens is 2. The smallest absolute Gasteiger partial charge is 0.148 e. The van der Waals surface area contributed by atoms with Gasteiger partial charge in [0.05, 0.1) is 0 Å². The van der Waals surface area contributed by atoms with Crippen LogP contribution in [-0.4, -0.2) is 9.55 Å². The zero-order valence-corrected chi connectivity index (χ0v) is 11.4. The Morgan fingerprint density at radius 2 is 2.11 bits per heavy atom. The standard InChI is InChI=1S/C16H17N3/c1-11-6-7-12(2)13(9-11)16-14(10-17)19-8-4-3-5-15(19)18-16/h6-7,9H,3-5,8H2,1-2H3. The van der Waals surface area contributed by atoms with E-state index in [1.54, 1.807) is 0 Å². The number of hydrogen-bond acceptors (Lipinski definition) is 2. The van der Waals surface area contributed by atoms with Crippen LogP contribution in [-0.2, 0) is 13.0 Å². The highest BCUT2D eigenvalue weighted by atomic mass is 15.1. The molecule has 2 aromatic rings. The minimum Gasteiger partial charge on any atom is -0.319 e. The van der Waals surface area contributed by atoms with Crippen LogP contribution < -0.4 is 0 Å². The highest BCUT2D eigenvalue weighted by molar-refractivity contribution is 5.69. The highest BCUT2D eigenvalue weighted by Gasteiger charge is 2.21. The fourth-order valence-electron chi connectivity index (χ4n) is 2.78. The van der Waals surface area contributed by atoms with Gasteiger partial charge in [0.15, 0.2) is 0 Å². The average Bonchev–Trinajstić information content (AvgIpc) is 2.79. The van der Waals surface area contributed by atoms with Gasteiger partial charge in [0.25, 0.3) is 0 Å². The van der Waals surface area contributed by atoms with Crippen LogP contribution in [0.4, 0.5) is 0 Å². The van der Waals surface area contributed by atoms with E-state index in [0.29, 0.717) is 0 Å². The van der Waals surface area contributed by atoms with E-state index in [9.17, 15) is 5.26 Å². The summed E-state index contributed by atoms with van der Waals surface area (Å²) in [6.07, 6.45) is 3.30. The molecule has 0 saturated carbocycles.